The second-order valence-electron chi connectivity index (χ2n) is 4.72. The van der Waals surface area contributed by atoms with Crippen LogP contribution in [0.1, 0.15) is 39.5 Å². The van der Waals surface area contributed by atoms with E-state index in [1.165, 1.54) is 13.5 Å². The first kappa shape index (κ1) is 10.4. The summed E-state index contributed by atoms with van der Waals surface area (Å²) < 4.78 is 0. The van der Waals surface area contributed by atoms with Gasteiger partial charge in [0.25, 0.3) is 0 Å². The van der Waals surface area contributed by atoms with E-state index in [-0.39, 0.29) is 5.60 Å². The molecule has 2 fully saturated rings. The van der Waals surface area contributed by atoms with Gasteiger partial charge in [0.15, 0.2) is 0 Å². The lowest BCUT2D eigenvalue weighted by molar-refractivity contribution is -0.558. The zero-order chi connectivity index (χ0) is 10.2. The van der Waals surface area contributed by atoms with E-state index in [0.717, 1.165) is 19.3 Å². The van der Waals surface area contributed by atoms with Crippen molar-refractivity contribution in [2.75, 3.05) is 7.11 Å². The standard InChI is InChI=1S/C10H18O4/c1-9(2)8-5-4-6-10(7-8,13-11-3)14-12-9/h8H,4-7H2,1-3H3/t8-,10+/m1/s1. The highest BCUT2D eigenvalue weighted by Gasteiger charge is 2.51. The Morgan fingerprint density at radius 3 is 2.79 bits per heavy atom. The zero-order valence-corrected chi connectivity index (χ0v) is 9.04. The molecular weight excluding hydrogens is 184 g/mol. The summed E-state index contributed by atoms with van der Waals surface area (Å²) >= 11 is 0. The van der Waals surface area contributed by atoms with E-state index in [1.807, 2.05) is 0 Å². The van der Waals surface area contributed by atoms with E-state index < -0.39 is 5.79 Å². The fourth-order valence-electron chi connectivity index (χ4n) is 2.36. The molecule has 1 aliphatic heterocycles. The van der Waals surface area contributed by atoms with Crippen LogP contribution in [0.4, 0.5) is 0 Å². The summed E-state index contributed by atoms with van der Waals surface area (Å²) in [5.41, 5.74) is -0.207. The first-order valence-corrected chi connectivity index (χ1v) is 5.17. The Kier molecular flexibility index (Phi) is 2.55. The van der Waals surface area contributed by atoms with Crippen molar-refractivity contribution in [3.8, 4) is 0 Å². The summed E-state index contributed by atoms with van der Waals surface area (Å²) in [7, 11) is 1.50. The molecule has 1 heterocycles. The van der Waals surface area contributed by atoms with E-state index in [0.29, 0.717) is 5.92 Å². The van der Waals surface area contributed by atoms with Crippen molar-refractivity contribution in [1.82, 2.24) is 0 Å². The Bertz CT molecular complexity index is 212. The van der Waals surface area contributed by atoms with Crippen molar-refractivity contribution in [2.45, 2.75) is 50.9 Å². The largest absolute Gasteiger partial charge is 0.237 e. The maximum atomic E-state index is 5.38. The maximum Gasteiger partial charge on any atom is 0.234 e. The minimum absolute atomic E-state index is 0.207. The lowest BCUT2D eigenvalue weighted by Gasteiger charge is -2.48. The quantitative estimate of drug-likeness (QED) is 0.508. The Hall–Kier alpha value is -0.160. The summed E-state index contributed by atoms with van der Waals surface area (Å²) in [6, 6.07) is 0. The van der Waals surface area contributed by atoms with E-state index in [1.54, 1.807) is 0 Å². The molecule has 0 aromatic carbocycles. The summed E-state index contributed by atoms with van der Waals surface area (Å²) in [5.74, 6) is -0.173. The van der Waals surface area contributed by atoms with Gasteiger partial charge in [0.2, 0.25) is 5.79 Å². The molecule has 0 amide bonds. The highest BCUT2D eigenvalue weighted by atomic mass is 17.3. The van der Waals surface area contributed by atoms with E-state index in [9.17, 15) is 0 Å². The Balaban J connectivity index is 2.10. The highest BCUT2D eigenvalue weighted by molar-refractivity contribution is 4.90. The SMILES string of the molecule is COO[C@]12CCC[C@H](C1)C(C)(C)OO2. The first-order chi connectivity index (χ1) is 6.58. The van der Waals surface area contributed by atoms with Gasteiger partial charge in [0.1, 0.15) is 5.60 Å². The van der Waals surface area contributed by atoms with Crippen molar-refractivity contribution in [3.63, 3.8) is 0 Å². The molecule has 1 saturated carbocycles. The molecule has 2 bridgehead atoms. The van der Waals surface area contributed by atoms with Crippen LogP contribution in [0.15, 0.2) is 0 Å². The van der Waals surface area contributed by atoms with Crippen LogP contribution >= 0.6 is 0 Å². The van der Waals surface area contributed by atoms with Crippen LogP contribution in [0.5, 0.6) is 0 Å². The third-order valence-electron chi connectivity index (χ3n) is 3.29. The number of hydrogen-bond acceptors (Lipinski definition) is 4. The topological polar surface area (TPSA) is 36.9 Å². The normalized spacial score (nSPS) is 40.9. The predicted molar refractivity (Wildman–Crippen MR) is 49.0 cm³/mol. The number of rotatable bonds is 2. The molecular formula is C10H18O4. The molecule has 1 aliphatic carbocycles. The van der Waals surface area contributed by atoms with Gasteiger partial charge in [0.05, 0.1) is 7.11 Å². The molecule has 1 saturated heterocycles. The van der Waals surface area contributed by atoms with Crippen molar-refractivity contribution in [3.05, 3.63) is 0 Å². The molecule has 2 aliphatic rings. The smallest absolute Gasteiger partial charge is 0.234 e. The van der Waals surface area contributed by atoms with Gasteiger partial charge in [-0.15, -0.1) is 0 Å². The number of fused-ring (bicyclic) bond motifs is 2. The van der Waals surface area contributed by atoms with E-state index in [4.69, 9.17) is 19.6 Å². The van der Waals surface area contributed by atoms with Gasteiger partial charge >= 0.3 is 0 Å². The van der Waals surface area contributed by atoms with Crippen LogP contribution in [0.3, 0.4) is 0 Å². The fourth-order valence-corrected chi connectivity index (χ4v) is 2.36. The summed E-state index contributed by atoms with van der Waals surface area (Å²) in [5, 5.41) is 0. The second-order valence-corrected chi connectivity index (χ2v) is 4.72. The fraction of sp³-hybridized carbons (Fsp3) is 1.00. The molecule has 0 aromatic heterocycles. The highest BCUT2D eigenvalue weighted by Crippen LogP contribution is 2.47. The molecule has 2 atom stereocenters. The van der Waals surface area contributed by atoms with Gasteiger partial charge in [0, 0.05) is 12.8 Å². The third-order valence-corrected chi connectivity index (χ3v) is 3.29. The Labute approximate surface area is 84.3 Å². The molecule has 0 unspecified atom stereocenters. The molecule has 0 N–H and O–H groups in total. The number of hydrogen-bond donors (Lipinski definition) is 0. The van der Waals surface area contributed by atoms with Gasteiger partial charge < -0.3 is 0 Å². The van der Waals surface area contributed by atoms with Gasteiger partial charge in [-0.3, -0.25) is 0 Å². The monoisotopic (exact) mass is 202 g/mol. The van der Waals surface area contributed by atoms with Crippen LogP contribution in [0.2, 0.25) is 0 Å². The van der Waals surface area contributed by atoms with Gasteiger partial charge in [-0.25, -0.2) is 9.78 Å². The Morgan fingerprint density at radius 1 is 1.29 bits per heavy atom. The van der Waals surface area contributed by atoms with Crippen LogP contribution in [0.25, 0.3) is 0 Å². The molecule has 2 rings (SSSR count). The van der Waals surface area contributed by atoms with E-state index in [2.05, 4.69) is 13.8 Å². The minimum atomic E-state index is -0.660. The van der Waals surface area contributed by atoms with Gasteiger partial charge in [-0.2, -0.15) is 9.78 Å². The lowest BCUT2D eigenvalue weighted by Crippen LogP contribution is -2.53. The van der Waals surface area contributed by atoms with Crippen LogP contribution < -0.4 is 0 Å². The summed E-state index contributed by atoms with van der Waals surface area (Å²) in [6.07, 6.45) is 3.97. The predicted octanol–water partition coefficient (Wildman–Crippen LogP) is 2.19. The van der Waals surface area contributed by atoms with Crippen molar-refractivity contribution in [2.24, 2.45) is 5.92 Å². The van der Waals surface area contributed by atoms with Crippen LogP contribution in [-0.2, 0) is 19.6 Å². The molecule has 4 nitrogen and oxygen atoms in total. The maximum absolute atomic E-state index is 5.38. The van der Waals surface area contributed by atoms with Crippen molar-refractivity contribution >= 4 is 0 Å². The molecule has 0 radical (unpaired) electrons. The first-order valence-electron chi connectivity index (χ1n) is 5.17. The van der Waals surface area contributed by atoms with E-state index >= 15 is 0 Å². The second kappa shape index (κ2) is 3.45. The molecule has 82 valence electrons. The minimum Gasteiger partial charge on any atom is -0.237 e. The Morgan fingerprint density at radius 2 is 2.07 bits per heavy atom. The molecule has 0 aromatic rings. The van der Waals surface area contributed by atoms with Gasteiger partial charge in [-0.1, -0.05) is 0 Å². The average Bonchev–Trinajstić information content (AvgIpc) is 2.15. The lowest BCUT2D eigenvalue weighted by atomic mass is 9.75. The molecule has 14 heavy (non-hydrogen) atoms. The zero-order valence-electron chi connectivity index (χ0n) is 9.04. The molecule has 0 spiro atoms. The van der Waals surface area contributed by atoms with Crippen LogP contribution in [0, 0.1) is 5.92 Å². The van der Waals surface area contributed by atoms with Crippen LogP contribution in [-0.4, -0.2) is 18.5 Å². The molecule has 4 heteroatoms. The summed E-state index contributed by atoms with van der Waals surface area (Å²) in [6.45, 7) is 4.11. The van der Waals surface area contributed by atoms with Crippen molar-refractivity contribution < 1.29 is 19.6 Å². The average molecular weight is 202 g/mol. The van der Waals surface area contributed by atoms with Gasteiger partial charge in [-0.05, 0) is 32.6 Å². The van der Waals surface area contributed by atoms with Crippen molar-refractivity contribution in [1.29, 1.82) is 0 Å². The summed E-state index contributed by atoms with van der Waals surface area (Å²) in [4.78, 5) is 20.6. The third kappa shape index (κ3) is 1.67.